The van der Waals surface area contributed by atoms with Crippen molar-refractivity contribution in [3.63, 3.8) is 0 Å². The van der Waals surface area contributed by atoms with Gasteiger partial charge in [-0.05, 0) is 70.8 Å². The molecule has 3 heteroatoms. The van der Waals surface area contributed by atoms with E-state index in [2.05, 4.69) is 0 Å². The zero-order valence-electron chi connectivity index (χ0n) is 11.8. The monoisotopic (exact) mass is 254 g/mol. The van der Waals surface area contributed by atoms with E-state index in [4.69, 9.17) is 0 Å². The molecule has 0 spiro atoms. The average Bonchev–Trinajstić information content (AvgIpc) is 2.27. The molecular weight excluding hydrogens is 228 g/mol. The minimum absolute atomic E-state index is 0.225. The lowest BCUT2D eigenvalue weighted by molar-refractivity contribution is -0.105. The Bertz CT molecular complexity index is 310. The molecule has 0 fully saturated rings. The van der Waals surface area contributed by atoms with Gasteiger partial charge < -0.3 is 10.2 Å². The lowest BCUT2D eigenvalue weighted by atomic mass is 9.76. The topological polar surface area (TPSA) is 57.5 Å². The molecule has 0 saturated carbocycles. The SMILES string of the molecule is CC(C)(O)CCCC(C)(O)C1CC=C(C=O)CC1. The fourth-order valence-corrected chi connectivity index (χ4v) is 2.61. The van der Waals surface area contributed by atoms with Crippen LogP contribution in [0.2, 0.25) is 0 Å². The molecule has 0 aromatic rings. The molecule has 104 valence electrons. The van der Waals surface area contributed by atoms with E-state index in [1.54, 1.807) is 13.8 Å². The van der Waals surface area contributed by atoms with Gasteiger partial charge in [0, 0.05) is 0 Å². The second-order valence-electron chi connectivity index (χ2n) is 6.39. The van der Waals surface area contributed by atoms with Crippen molar-refractivity contribution in [3.8, 4) is 0 Å². The molecule has 18 heavy (non-hydrogen) atoms. The summed E-state index contributed by atoms with van der Waals surface area (Å²) in [6.45, 7) is 5.46. The molecule has 1 rings (SSSR count). The minimum Gasteiger partial charge on any atom is -0.390 e. The number of rotatable bonds is 6. The summed E-state index contributed by atoms with van der Waals surface area (Å²) >= 11 is 0. The lowest BCUT2D eigenvalue weighted by Crippen LogP contribution is -2.36. The fourth-order valence-electron chi connectivity index (χ4n) is 2.61. The Kier molecular flexibility index (Phi) is 5.11. The van der Waals surface area contributed by atoms with E-state index < -0.39 is 11.2 Å². The summed E-state index contributed by atoms with van der Waals surface area (Å²) < 4.78 is 0. The van der Waals surface area contributed by atoms with Gasteiger partial charge in [0.15, 0.2) is 0 Å². The standard InChI is InChI=1S/C15H26O3/c1-14(2,17)9-4-10-15(3,18)13-7-5-12(11-16)6-8-13/h5,11,13,17-18H,4,6-10H2,1-3H3. The molecule has 0 amide bonds. The third kappa shape index (κ3) is 4.91. The van der Waals surface area contributed by atoms with Crippen molar-refractivity contribution in [1.29, 1.82) is 0 Å². The van der Waals surface area contributed by atoms with E-state index in [9.17, 15) is 15.0 Å². The molecule has 0 bridgehead atoms. The number of carbonyl (C=O) groups is 1. The largest absolute Gasteiger partial charge is 0.390 e. The van der Waals surface area contributed by atoms with Gasteiger partial charge in [-0.15, -0.1) is 0 Å². The predicted molar refractivity (Wildman–Crippen MR) is 72.3 cm³/mol. The highest BCUT2D eigenvalue weighted by atomic mass is 16.3. The molecule has 0 aliphatic heterocycles. The minimum atomic E-state index is -0.698. The van der Waals surface area contributed by atoms with Gasteiger partial charge in [-0.1, -0.05) is 6.08 Å². The summed E-state index contributed by atoms with van der Waals surface area (Å²) in [4.78, 5) is 10.6. The number of allylic oxidation sites excluding steroid dienone is 2. The molecule has 2 unspecified atom stereocenters. The van der Waals surface area contributed by atoms with Crippen molar-refractivity contribution in [2.24, 2.45) is 5.92 Å². The zero-order chi connectivity index (χ0) is 13.8. The Balaban J connectivity index is 2.44. The van der Waals surface area contributed by atoms with E-state index in [1.165, 1.54) is 0 Å². The van der Waals surface area contributed by atoms with Gasteiger partial charge in [-0.2, -0.15) is 0 Å². The molecule has 0 aromatic carbocycles. The Labute approximate surface area is 110 Å². The van der Waals surface area contributed by atoms with Crippen LogP contribution in [0.15, 0.2) is 11.6 Å². The van der Waals surface area contributed by atoms with Crippen molar-refractivity contribution in [1.82, 2.24) is 0 Å². The quantitative estimate of drug-likeness (QED) is 0.716. The summed E-state index contributed by atoms with van der Waals surface area (Å²) in [5, 5.41) is 20.2. The first-order chi connectivity index (χ1) is 8.24. The van der Waals surface area contributed by atoms with E-state index in [0.717, 1.165) is 37.5 Å². The summed E-state index contributed by atoms with van der Waals surface area (Å²) in [6, 6.07) is 0. The molecular formula is C15H26O3. The highest BCUT2D eigenvalue weighted by Crippen LogP contribution is 2.35. The first-order valence-corrected chi connectivity index (χ1v) is 6.83. The van der Waals surface area contributed by atoms with Crippen molar-refractivity contribution in [3.05, 3.63) is 11.6 Å². The van der Waals surface area contributed by atoms with E-state index >= 15 is 0 Å². The molecule has 0 heterocycles. The third-order valence-corrected chi connectivity index (χ3v) is 3.95. The zero-order valence-corrected chi connectivity index (χ0v) is 11.8. The number of hydrogen-bond acceptors (Lipinski definition) is 3. The van der Waals surface area contributed by atoms with Crippen LogP contribution < -0.4 is 0 Å². The maximum atomic E-state index is 10.6. The van der Waals surface area contributed by atoms with Crippen molar-refractivity contribution < 1.29 is 15.0 Å². The van der Waals surface area contributed by atoms with Gasteiger partial charge in [0.25, 0.3) is 0 Å². The van der Waals surface area contributed by atoms with Gasteiger partial charge in [0.1, 0.15) is 6.29 Å². The average molecular weight is 254 g/mol. The summed E-state index contributed by atoms with van der Waals surface area (Å²) in [5.74, 6) is 0.225. The highest BCUT2D eigenvalue weighted by Gasteiger charge is 2.32. The first-order valence-electron chi connectivity index (χ1n) is 6.83. The Hall–Kier alpha value is -0.670. The number of hydrogen-bond donors (Lipinski definition) is 2. The maximum Gasteiger partial charge on any atom is 0.145 e. The second-order valence-corrected chi connectivity index (χ2v) is 6.39. The molecule has 0 aromatic heterocycles. The molecule has 2 atom stereocenters. The number of carbonyl (C=O) groups excluding carboxylic acids is 1. The normalized spacial score (nSPS) is 24.3. The van der Waals surface area contributed by atoms with Gasteiger partial charge >= 0.3 is 0 Å². The highest BCUT2D eigenvalue weighted by molar-refractivity contribution is 5.73. The molecule has 1 aliphatic rings. The second kappa shape index (κ2) is 5.98. The lowest BCUT2D eigenvalue weighted by Gasteiger charge is -2.35. The van der Waals surface area contributed by atoms with E-state index in [-0.39, 0.29) is 5.92 Å². The van der Waals surface area contributed by atoms with Crippen molar-refractivity contribution in [2.45, 2.75) is 70.5 Å². The van der Waals surface area contributed by atoms with Crippen LogP contribution in [0.1, 0.15) is 59.3 Å². The van der Waals surface area contributed by atoms with Crippen LogP contribution in [-0.4, -0.2) is 27.7 Å². The van der Waals surface area contributed by atoms with Crippen molar-refractivity contribution in [2.75, 3.05) is 0 Å². The van der Waals surface area contributed by atoms with Crippen LogP contribution in [0, 0.1) is 5.92 Å². The van der Waals surface area contributed by atoms with E-state index in [1.807, 2.05) is 13.0 Å². The van der Waals surface area contributed by atoms with Gasteiger partial charge in [0.05, 0.1) is 11.2 Å². The first kappa shape index (κ1) is 15.4. The smallest absolute Gasteiger partial charge is 0.145 e. The maximum absolute atomic E-state index is 10.6. The van der Waals surface area contributed by atoms with Crippen LogP contribution in [-0.2, 0) is 4.79 Å². The van der Waals surface area contributed by atoms with Gasteiger partial charge in [-0.25, -0.2) is 0 Å². The van der Waals surface area contributed by atoms with Crippen LogP contribution in [0.25, 0.3) is 0 Å². The van der Waals surface area contributed by atoms with Gasteiger partial charge in [0.2, 0.25) is 0 Å². The number of aldehydes is 1. The molecule has 2 N–H and O–H groups in total. The predicted octanol–water partition coefficient (Wildman–Crippen LogP) is 2.60. The molecule has 0 saturated heterocycles. The Morgan fingerprint density at radius 2 is 2.00 bits per heavy atom. The summed E-state index contributed by atoms with van der Waals surface area (Å²) in [5.41, 5.74) is -0.498. The van der Waals surface area contributed by atoms with Crippen LogP contribution in [0.5, 0.6) is 0 Å². The van der Waals surface area contributed by atoms with E-state index in [0.29, 0.717) is 12.8 Å². The van der Waals surface area contributed by atoms with Crippen LogP contribution in [0.4, 0.5) is 0 Å². The Morgan fingerprint density at radius 1 is 1.33 bits per heavy atom. The molecule has 3 nitrogen and oxygen atoms in total. The van der Waals surface area contributed by atoms with Crippen molar-refractivity contribution >= 4 is 6.29 Å². The fraction of sp³-hybridized carbons (Fsp3) is 0.800. The van der Waals surface area contributed by atoms with Gasteiger partial charge in [-0.3, -0.25) is 4.79 Å². The summed E-state index contributed by atoms with van der Waals surface area (Å²) in [6.07, 6.45) is 7.51. The number of aliphatic hydroxyl groups is 2. The third-order valence-electron chi connectivity index (χ3n) is 3.95. The Morgan fingerprint density at radius 3 is 2.44 bits per heavy atom. The summed E-state index contributed by atoms with van der Waals surface area (Å²) in [7, 11) is 0. The molecule has 1 aliphatic carbocycles. The van der Waals surface area contributed by atoms with Crippen LogP contribution in [0.3, 0.4) is 0 Å². The van der Waals surface area contributed by atoms with Crippen LogP contribution >= 0.6 is 0 Å². The molecule has 0 radical (unpaired) electrons.